The minimum absolute atomic E-state index is 0.0335. The average molecular weight is 272 g/mol. The first-order chi connectivity index (χ1) is 8.99. The van der Waals surface area contributed by atoms with Crippen LogP contribution in [0, 0.1) is 0 Å². The molecule has 1 heterocycles. The van der Waals surface area contributed by atoms with Gasteiger partial charge in [-0.15, -0.1) is 0 Å². The maximum absolute atomic E-state index is 11.7. The molecule has 1 aliphatic rings. The van der Waals surface area contributed by atoms with E-state index in [1.807, 2.05) is 0 Å². The molecule has 7 nitrogen and oxygen atoms in total. The van der Waals surface area contributed by atoms with E-state index in [1.54, 1.807) is 7.05 Å². The molecule has 1 atom stereocenters. The van der Waals surface area contributed by atoms with Crippen molar-refractivity contribution in [3.05, 3.63) is 0 Å². The summed E-state index contributed by atoms with van der Waals surface area (Å²) in [6, 6.07) is -0.476. The molecule has 0 aromatic carbocycles. The Labute approximate surface area is 111 Å². The molecule has 1 unspecified atom stereocenters. The number of hydrogen-bond donors (Lipinski definition) is 2. The summed E-state index contributed by atoms with van der Waals surface area (Å²) < 4.78 is 5.40. The number of carbonyl (C=O) groups is 3. The van der Waals surface area contributed by atoms with E-state index < -0.39 is 17.9 Å². The number of aliphatic carboxylic acids is 1. The molecule has 0 aromatic rings. The number of likely N-dealkylation sites (N-methyl/N-ethyl adjacent to an activating group) is 1. The zero-order chi connectivity index (χ0) is 14.3. The number of urea groups is 1. The molecule has 0 spiro atoms. The van der Waals surface area contributed by atoms with Gasteiger partial charge in [-0.2, -0.15) is 0 Å². The van der Waals surface area contributed by atoms with Gasteiger partial charge in [-0.25, -0.2) is 4.79 Å². The monoisotopic (exact) mass is 272 g/mol. The van der Waals surface area contributed by atoms with Gasteiger partial charge in [0.25, 0.3) is 0 Å². The molecule has 0 aromatic heterocycles. The predicted octanol–water partition coefficient (Wildman–Crippen LogP) is 0.588. The van der Waals surface area contributed by atoms with E-state index in [9.17, 15) is 14.4 Å². The van der Waals surface area contributed by atoms with Crippen LogP contribution in [0.3, 0.4) is 0 Å². The summed E-state index contributed by atoms with van der Waals surface area (Å²) in [7, 11) is 1.60. The molecule has 0 radical (unpaired) electrons. The maximum atomic E-state index is 11.7. The van der Waals surface area contributed by atoms with Crippen LogP contribution in [0.4, 0.5) is 4.79 Å². The van der Waals surface area contributed by atoms with Crippen LogP contribution in [0.5, 0.6) is 0 Å². The minimum atomic E-state index is -0.949. The number of imide groups is 1. The molecule has 0 bridgehead atoms. The van der Waals surface area contributed by atoms with Crippen LogP contribution in [0.15, 0.2) is 0 Å². The lowest BCUT2D eigenvalue weighted by Gasteiger charge is -2.20. The Morgan fingerprint density at radius 3 is 2.68 bits per heavy atom. The van der Waals surface area contributed by atoms with Crippen LogP contribution in [-0.2, 0) is 14.3 Å². The van der Waals surface area contributed by atoms with Crippen molar-refractivity contribution in [2.75, 3.05) is 20.2 Å². The third kappa shape index (κ3) is 6.19. The molecular weight excluding hydrogens is 252 g/mol. The quantitative estimate of drug-likeness (QED) is 0.737. The number of carboxylic acid groups (broad SMARTS) is 1. The minimum Gasteiger partial charge on any atom is -0.481 e. The highest BCUT2D eigenvalue weighted by Crippen LogP contribution is 2.12. The van der Waals surface area contributed by atoms with E-state index in [1.165, 1.54) is 4.90 Å². The van der Waals surface area contributed by atoms with Crippen molar-refractivity contribution in [1.82, 2.24) is 10.2 Å². The topological polar surface area (TPSA) is 95.9 Å². The first-order valence-electron chi connectivity index (χ1n) is 6.37. The van der Waals surface area contributed by atoms with Crippen molar-refractivity contribution in [3.63, 3.8) is 0 Å². The standard InChI is InChI=1S/C12H20N2O5/c1-14(8-9-4-3-7-19-9)12(18)13-10(15)5-2-6-11(16)17/h9H,2-8H2,1H3,(H,16,17)(H,13,15,18). The number of carboxylic acids is 1. The van der Waals surface area contributed by atoms with Crippen molar-refractivity contribution in [2.24, 2.45) is 0 Å². The summed E-state index contributed by atoms with van der Waals surface area (Å²) in [5, 5.41) is 10.7. The van der Waals surface area contributed by atoms with Gasteiger partial charge in [0.05, 0.1) is 6.10 Å². The molecule has 19 heavy (non-hydrogen) atoms. The van der Waals surface area contributed by atoms with Gasteiger partial charge in [-0.1, -0.05) is 0 Å². The highest BCUT2D eigenvalue weighted by molar-refractivity contribution is 5.94. The van der Waals surface area contributed by atoms with Crippen LogP contribution in [0.2, 0.25) is 0 Å². The highest BCUT2D eigenvalue weighted by Gasteiger charge is 2.20. The van der Waals surface area contributed by atoms with E-state index in [-0.39, 0.29) is 25.4 Å². The summed E-state index contributed by atoms with van der Waals surface area (Å²) >= 11 is 0. The Morgan fingerprint density at radius 2 is 2.11 bits per heavy atom. The second kappa shape index (κ2) is 7.73. The third-order valence-corrected chi connectivity index (χ3v) is 2.89. The van der Waals surface area contributed by atoms with Crippen molar-refractivity contribution in [1.29, 1.82) is 0 Å². The third-order valence-electron chi connectivity index (χ3n) is 2.89. The normalized spacial score (nSPS) is 18.1. The van der Waals surface area contributed by atoms with Gasteiger partial charge in [-0.05, 0) is 19.3 Å². The Bertz CT molecular complexity index is 339. The fourth-order valence-electron chi connectivity index (χ4n) is 1.85. The average Bonchev–Trinajstić information content (AvgIpc) is 2.81. The van der Waals surface area contributed by atoms with Gasteiger partial charge in [0.2, 0.25) is 5.91 Å². The molecule has 0 aliphatic carbocycles. The molecule has 3 amide bonds. The molecule has 2 N–H and O–H groups in total. The van der Waals surface area contributed by atoms with E-state index in [0.29, 0.717) is 13.2 Å². The zero-order valence-electron chi connectivity index (χ0n) is 11.1. The number of hydrogen-bond acceptors (Lipinski definition) is 4. The van der Waals surface area contributed by atoms with Crippen LogP contribution >= 0.6 is 0 Å². The van der Waals surface area contributed by atoms with Gasteiger partial charge in [0.15, 0.2) is 0 Å². The SMILES string of the molecule is CN(CC1CCCO1)C(=O)NC(=O)CCCC(=O)O. The van der Waals surface area contributed by atoms with E-state index in [0.717, 1.165) is 12.8 Å². The van der Waals surface area contributed by atoms with Crippen LogP contribution < -0.4 is 5.32 Å². The second-order valence-corrected chi connectivity index (χ2v) is 4.62. The first kappa shape index (κ1) is 15.4. The number of nitrogens with zero attached hydrogens (tertiary/aromatic N) is 1. The van der Waals surface area contributed by atoms with E-state index >= 15 is 0 Å². The summed E-state index contributed by atoms with van der Waals surface area (Å²) in [5.74, 6) is -1.40. The summed E-state index contributed by atoms with van der Waals surface area (Å²) in [6.07, 6.45) is 2.14. The molecule has 108 valence electrons. The van der Waals surface area contributed by atoms with Crippen LogP contribution in [-0.4, -0.2) is 54.2 Å². The van der Waals surface area contributed by atoms with E-state index in [2.05, 4.69) is 5.32 Å². The second-order valence-electron chi connectivity index (χ2n) is 4.62. The van der Waals surface area contributed by atoms with Crippen LogP contribution in [0.1, 0.15) is 32.1 Å². The number of ether oxygens (including phenoxy) is 1. The van der Waals surface area contributed by atoms with Crippen molar-refractivity contribution in [3.8, 4) is 0 Å². The lowest BCUT2D eigenvalue weighted by Crippen LogP contribution is -2.43. The molecular formula is C12H20N2O5. The fraction of sp³-hybridized carbons (Fsp3) is 0.750. The number of nitrogens with one attached hydrogen (secondary N) is 1. The number of rotatable bonds is 6. The highest BCUT2D eigenvalue weighted by atomic mass is 16.5. The molecule has 1 rings (SSSR count). The maximum Gasteiger partial charge on any atom is 0.323 e. The van der Waals surface area contributed by atoms with Gasteiger partial charge >= 0.3 is 12.0 Å². The van der Waals surface area contributed by atoms with Crippen molar-refractivity contribution >= 4 is 17.9 Å². The predicted molar refractivity (Wildman–Crippen MR) is 66.6 cm³/mol. The Kier molecular flexibility index (Phi) is 6.27. The van der Waals surface area contributed by atoms with Gasteiger partial charge in [0.1, 0.15) is 0 Å². The van der Waals surface area contributed by atoms with E-state index in [4.69, 9.17) is 9.84 Å². The lowest BCUT2D eigenvalue weighted by molar-refractivity contribution is -0.137. The lowest BCUT2D eigenvalue weighted by atomic mass is 10.2. The van der Waals surface area contributed by atoms with Crippen molar-refractivity contribution < 1.29 is 24.2 Å². The molecule has 7 heteroatoms. The molecule has 1 fully saturated rings. The van der Waals surface area contributed by atoms with Crippen molar-refractivity contribution in [2.45, 2.75) is 38.2 Å². The fourth-order valence-corrected chi connectivity index (χ4v) is 1.85. The summed E-state index contributed by atoms with van der Waals surface area (Å²) in [5.41, 5.74) is 0. The molecule has 0 saturated carbocycles. The summed E-state index contributed by atoms with van der Waals surface area (Å²) in [6.45, 7) is 1.17. The van der Waals surface area contributed by atoms with Gasteiger partial charge < -0.3 is 14.7 Å². The van der Waals surface area contributed by atoms with Gasteiger partial charge in [-0.3, -0.25) is 14.9 Å². The number of carbonyl (C=O) groups excluding carboxylic acids is 2. The number of amides is 3. The largest absolute Gasteiger partial charge is 0.481 e. The molecule has 1 aliphatic heterocycles. The Balaban J connectivity index is 2.20. The first-order valence-corrected chi connectivity index (χ1v) is 6.37. The smallest absolute Gasteiger partial charge is 0.323 e. The van der Waals surface area contributed by atoms with Gasteiger partial charge in [0, 0.05) is 33.0 Å². The Morgan fingerprint density at radius 1 is 1.37 bits per heavy atom. The molecule has 1 saturated heterocycles. The zero-order valence-corrected chi connectivity index (χ0v) is 11.1. The summed E-state index contributed by atoms with van der Waals surface area (Å²) in [4.78, 5) is 34.7. The van der Waals surface area contributed by atoms with Crippen LogP contribution in [0.25, 0.3) is 0 Å². The Hall–Kier alpha value is -1.63.